The number of aromatic nitrogens is 2. The number of carboxylic acids is 1. The first-order valence-corrected chi connectivity index (χ1v) is 12.3. The Hall–Kier alpha value is -3.88. The van der Waals surface area contributed by atoms with E-state index < -0.39 is 23.6 Å². The average molecular weight is 491 g/mol. The van der Waals surface area contributed by atoms with Crippen LogP contribution in [0, 0.1) is 18.3 Å². The third-order valence-corrected chi connectivity index (χ3v) is 7.47. The van der Waals surface area contributed by atoms with Gasteiger partial charge in [0.2, 0.25) is 0 Å². The number of anilines is 2. The van der Waals surface area contributed by atoms with E-state index in [4.69, 9.17) is 9.26 Å². The molecule has 3 heterocycles. The van der Waals surface area contributed by atoms with Crippen molar-refractivity contribution < 1.29 is 24.0 Å². The van der Waals surface area contributed by atoms with Crippen molar-refractivity contribution >= 4 is 23.6 Å². The van der Waals surface area contributed by atoms with Crippen LogP contribution < -0.4 is 10.2 Å². The van der Waals surface area contributed by atoms with Gasteiger partial charge in [0.15, 0.2) is 5.76 Å². The topological polar surface area (TPSA) is 118 Å². The van der Waals surface area contributed by atoms with Crippen LogP contribution in [0.4, 0.5) is 16.3 Å². The molecule has 1 aliphatic heterocycles. The van der Waals surface area contributed by atoms with Gasteiger partial charge in [-0.2, -0.15) is 0 Å². The largest absolute Gasteiger partial charge is 0.481 e. The SMILES string of the molecule is Cc1noc(-c2ccc(N3CCC(C4(C(=O)O)CC4)CC3)nc2)c1NC(=O)OC(C)c1ccccc1. The predicted molar refractivity (Wildman–Crippen MR) is 134 cm³/mol. The fourth-order valence-corrected chi connectivity index (χ4v) is 5.10. The molecule has 0 radical (unpaired) electrons. The van der Waals surface area contributed by atoms with Crippen LogP contribution >= 0.6 is 0 Å². The number of hydrogen-bond donors (Lipinski definition) is 2. The molecule has 1 atom stereocenters. The normalized spacial score (nSPS) is 17.9. The highest BCUT2D eigenvalue weighted by molar-refractivity contribution is 5.90. The molecule has 9 heteroatoms. The van der Waals surface area contributed by atoms with Crippen molar-refractivity contribution in [1.29, 1.82) is 0 Å². The Kier molecular flexibility index (Phi) is 6.38. The molecule has 2 fully saturated rings. The average Bonchev–Trinajstić information content (AvgIpc) is 3.64. The Labute approximate surface area is 209 Å². The Bertz CT molecular complexity index is 1230. The number of rotatable bonds is 7. The second-order valence-corrected chi connectivity index (χ2v) is 9.68. The van der Waals surface area contributed by atoms with E-state index in [0.717, 1.165) is 50.2 Å². The molecular formula is C27H30N4O5. The van der Waals surface area contributed by atoms with Crippen LogP contribution in [0.25, 0.3) is 11.3 Å². The van der Waals surface area contributed by atoms with Gasteiger partial charge in [0.1, 0.15) is 23.3 Å². The third kappa shape index (κ3) is 4.65. The monoisotopic (exact) mass is 490 g/mol. The number of carbonyl (C=O) groups is 2. The number of piperidine rings is 1. The molecule has 2 aliphatic rings. The maximum Gasteiger partial charge on any atom is 0.412 e. The van der Waals surface area contributed by atoms with Gasteiger partial charge in [-0.05, 0) is 63.1 Å². The summed E-state index contributed by atoms with van der Waals surface area (Å²) in [4.78, 5) is 31.0. The van der Waals surface area contributed by atoms with E-state index in [1.807, 2.05) is 49.4 Å². The van der Waals surface area contributed by atoms with Gasteiger partial charge in [0.05, 0.1) is 5.41 Å². The molecule has 1 saturated heterocycles. The molecule has 1 aromatic carbocycles. The number of hydrogen-bond acceptors (Lipinski definition) is 7. The molecule has 0 spiro atoms. The van der Waals surface area contributed by atoms with Gasteiger partial charge in [-0.1, -0.05) is 35.5 Å². The van der Waals surface area contributed by atoms with Gasteiger partial charge < -0.3 is 19.3 Å². The van der Waals surface area contributed by atoms with Crippen molar-refractivity contribution in [2.45, 2.75) is 45.6 Å². The standard InChI is InChI=1S/C27H30N4O5/c1-17-23(29-26(34)35-18(2)19-6-4-3-5-7-19)24(36-30-17)20-8-9-22(28-16-20)31-14-10-21(11-15-31)27(12-13-27)25(32)33/h3-9,16,18,21H,10-15H2,1-2H3,(H,29,34)(H,32,33). The number of carbonyl (C=O) groups excluding carboxylic acids is 1. The molecule has 2 aromatic heterocycles. The van der Waals surface area contributed by atoms with Gasteiger partial charge in [0, 0.05) is 24.8 Å². The maximum absolute atomic E-state index is 12.6. The van der Waals surface area contributed by atoms with Crippen LogP contribution in [0.2, 0.25) is 0 Å². The van der Waals surface area contributed by atoms with Crippen molar-refractivity contribution in [3.8, 4) is 11.3 Å². The zero-order valence-electron chi connectivity index (χ0n) is 20.4. The van der Waals surface area contributed by atoms with E-state index in [-0.39, 0.29) is 5.92 Å². The second-order valence-electron chi connectivity index (χ2n) is 9.68. The van der Waals surface area contributed by atoms with Crippen LogP contribution in [0.1, 0.15) is 50.0 Å². The number of benzene rings is 1. The summed E-state index contributed by atoms with van der Waals surface area (Å²) in [5.74, 6) is 0.834. The Morgan fingerprint density at radius 1 is 1.17 bits per heavy atom. The summed E-state index contributed by atoms with van der Waals surface area (Å²) in [6, 6.07) is 13.3. The minimum atomic E-state index is -0.645. The molecule has 0 bridgehead atoms. The van der Waals surface area contributed by atoms with Gasteiger partial charge in [-0.25, -0.2) is 9.78 Å². The molecular weight excluding hydrogens is 460 g/mol. The van der Waals surface area contributed by atoms with Crippen LogP contribution in [0.5, 0.6) is 0 Å². The number of nitrogens with zero attached hydrogens (tertiary/aromatic N) is 3. The number of aryl methyl sites for hydroxylation is 1. The molecule has 1 unspecified atom stereocenters. The van der Waals surface area contributed by atoms with E-state index >= 15 is 0 Å². The molecule has 36 heavy (non-hydrogen) atoms. The molecule has 1 saturated carbocycles. The first kappa shape index (κ1) is 23.8. The minimum Gasteiger partial charge on any atom is -0.481 e. The second kappa shape index (κ2) is 9.64. The van der Waals surface area contributed by atoms with Gasteiger partial charge >= 0.3 is 12.1 Å². The molecule has 1 aliphatic carbocycles. The van der Waals surface area contributed by atoms with Crippen LogP contribution in [0.15, 0.2) is 53.2 Å². The van der Waals surface area contributed by atoms with Crippen molar-refractivity contribution in [1.82, 2.24) is 10.1 Å². The van der Waals surface area contributed by atoms with Crippen LogP contribution in [-0.2, 0) is 9.53 Å². The maximum atomic E-state index is 12.6. The van der Waals surface area contributed by atoms with Gasteiger partial charge in [0.25, 0.3) is 0 Å². The Balaban J connectivity index is 1.23. The van der Waals surface area contributed by atoms with E-state index in [2.05, 4.69) is 20.4 Å². The molecule has 2 N–H and O–H groups in total. The lowest BCUT2D eigenvalue weighted by Gasteiger charge is -2.35. The minimum absolute atomic E-state index is 0.237. The number of carboxylic acid groups (broad SMARTS) is 1. The number of aliphatic carboxylic acids is 1. The molecule has 9 nitrogen and oxygen atoms in total. The predicted octanol–water partition coefficient (Wildman–Crippen LogP) is 5.44. The summed E-state index contributed by atoms with van der Waals surface area (Å²) >= 11 is 0. The zero-order valence-corrected chi connectivity index (χ0v) is 20.4. The fraction of sp³-hybridized carbons (Fsp3) is 0.407. The Morgan fingerprint density at radius 2 is 1.89 bits per heavy atom. The molecule has 3 aromatic rings. The van der Waals surface area contributed by atoms with E-state index in [1.54, 1.807) is 13.1 Å². The fourth-order valence-electron chi connectivity index (χ4n) is 5.10. The lowest BCUT2D eigenvalue weighted by atomic mass is 9.81. The van der Waals surface area contributed by atoms with Gasteiger partial charge in [-0.3, -0.25) is 10.1 Å². The van der Waals surface area contributed by atoms with Gasteiger partial charge in [-0.15, -0.1) is 0 Å². The summed E-state index contributed by atoms with van der Waals surface area (Å²) in [5, 5.41) is 16.4. The molecule has 5 rings (SSSR count). The summed E-state index contributed by atoms with van der Waals surface area (Å²) < 4.78 is 11.0. The lowest BCUT2D eigenvalue weighted by Crippen LogP contribution is -2.39. The van der Waals surface area contributed by atoms with Crippen molar-refractivity contribution in [2.75, 3.05) is 23.3 Å². The number of ether oxygens (including phenoxy) is 1. The van der Waals surface area contributed by atoms with Crippen molar-refractivity contribution in [3.63, 3.8) is 0 Å². The van der Waals surface area contributed by atoms with E-state index in [1.165, 1.54) is 0 Å². The van der Waals surface area contributed by atoms with Crippen molar-refractivity contribution in [3.05, 3.63) is 59.9 Å². The van der Waals surface area contributed by atoms with Crippen LogP contribution in [-0.4, -0.2) is 40.4 Å². The van der Waals surface area contributed by atoms with Crippen molar-refractivity contribution in [2.24, 2.45) is 11.3 Å². The zero-order chi connectivity index (χ0) is 25.3. The summed E-state index contributed by atoms with van der Waals surface area (Å²) in [5.41, 5.74) is 2.07. The molecule has 1 amide bonds. The molecule has 188 valence electrons. The van der Waals surface area contributed by atoms with E-state index in [9.17, 15) is 14.7 Å². The highest BCUT2D eigenvalue weighted by Crippen LogP contribution is 2.55. The summed E-state index contributed by atoms with van der Waals surface area (Å²) in [6.45, 7) is 5.13. The Morgan fingerprint density at radius 3 is 2.50 bits per heavy atom. The highest BCUT2D eigenvalue weighted by Gasteiger charge is 2.56. The van der Waals surface area contributed by atoms with E-state index in [0.29, 0.717) is 22.7 Å². The first-order valence-electron chi connectivity index (χ1n) is 12.3. The summed E-state index contributed by atoms with van der Waals surface area (Å²) in [7, 11) is 0. The summed E-state index contributed by atoms with van der Waals surface area (Å²) in [6.07, 6.45) is 4.00. The lowest BCUT2D eigenvalue weighted by molar-refractivity contribution is -0.146. The number of nitrogens with one attached hydrogen (secondary N) is 1. The van der Waals surface area contributed by atoms with Crippen LogP contribution in [0.3, 0.4) is 0 Å². The number of pyridine rings is 1. The first-order chi connectivity index (χ1) is 17.4. The third-order valence-electron chi connectivity index (χ3n) is 7.47. The number of amides is 1. The smallest absolute Gasteiger partial charge is 0.412 e. The quantitative estimate of drug-likeness (QED) is 0.450. The highest BCUT2D eigenvalue weighted by atomic mass is 16.6.